The van der Waals surface area contributed by atoms with Crippen LogP contribution in [0.1, 0.15) is 23.2 Å². The molecule has 1 N–H and O–H groups in total. The summed E-state index contributed by atoms with van der Waals surface area (Å²) < 4.78 is 47.2. The molecule has 3 heterocycles. The number of benzene rings is 3. The van der Waals surface area contributed by atoms with Crippen molar-refractivity contribution in [1.82, 2.24) is 14.8 Å². The Morgan fingerprint density at radius 3 is 2.50 bits per heavy atom. The Bertz CT molecular complexity index is 1530. The van der Waals surface area contributed by atoms with Crippen molar-refractivity contribution in [2.45, 2.75) is 38.1 Å². The molecule has 0 saturated carbocycles. The van der Waals surface area contributed by atoms with Crippen LogP contribution in [0.25, 0.3) is 10.9 Å². The van der Waals surface area contributed by atoms with Crippen LogP contribution in [0.4, 0.5) is 24.5 Å². The maximum absolute atomic E-state index is 13.8. The maximum Gasteiger partial charge on any atom is 0.416 e. The first kappa shape index (κ1) is 26.9. The third kappa shape index (κ3) is 5.75. The number of piperazine rings is 1. The number of ether oxygens (including phenoxy) is 1. The Hall–Kier alpha value is -3.33. The Kier molecular flexibility index (Phi) is 7.33. The summed E-state index contributed by atoms with van der Waals surface area (Å²) in [6, 6.07) is 22.0. The van der Waals surface area contributed by atoms with E-state index in [0.717, 1.165) is 65.4 Å². The van der Waals surface area contributed by atoms with Gasteiger partial charge in [0.2, 0.25) is 0 Å². The quantitative estimate of drug-likeness (QED) is 0.242. The molecule has 2 saturated heterocycles. The van der Waals surface area contributed by atoms with Gasteiger partial charge in [-0.05, 0) is 49.2 Å². The summed E-state index contributed by atoms with van der Waals surface area (Å²) in [7, 11) is 0. The molecule has 208 valence electrons. The number of rotatable bonds is 8. The number of pyridine rings is 1. The van der Waals surface area contributed by atoms with Crippen molar-refractivity contribution >= 4 is 33.9 Å². The van der Waals surface area contributed by atoms with Gasteiger partial charge >= 0.3 is 6.18 Å². The zero-order valence-electron chi connectivity index (χ0n) is 22.1. The van der Waals surface area contributed by atoms with Gasteiger partial charge in [-0.15, -0.1) is 0 Å². The van der Waals surface area contributed by atoms with E-state index in [1.807, 2.05) is 55.5 Å². The second-order valence-corrected chi connectivity index (χ2v) is 11.0. The number of likely N-dealkylation sites (tertiary alicyclic amines) is 2. The maximum atomic E-state index is 13.8. The predicted molar refractivity (Wildman–Crippen MR) is 152 cm³/mol. The van der Waals surface area contributed by atoms with Crippen molar-refractivity contribution in [3.8, 4) is 5.75 Å². The van der Waals surface area contributed by atoms with Crippen LogP contribution in [-0.2, 0) is 12.7 Å². The van der Waals surface area contributed by atoms with E-state index in [-0.39, 0.29) is 5.75 Å². The summed E-state index contributed by atoms with van der Waals surface area (Å²) in [5.74, 6) is 0.192. The number of nitrogens with zero attached hydrogens (tertiary/aromatic N) is 3. The number of aryl methyl sites for hydroxylation is 1. The SMILES string of the molecule is Cc1cc(Nc2cc(OCCN3C[C@@H]4C[C@H]3CN4Cc3ccccc3Cl)cc(C(F)(F)F)c2)c2ccccc2n1. The van der Waals surface area contributed by atoms with Gasteiger partial charge in [0.25, 0.3) is 0 Å². The molecule has 2 bridgehead atoms. The number of halogens is 4. The number of anilines is 2. The van der Waals surface area contributed by atoms with Gasteiger partial charge in [0.15, 0.2) is 0 Å². The van der Waals surface area contributed by atoms with Gasteiger partial charge in [-0.25, -0.2) is 0 Å². The highest BCUT2D eigenvalue weighted by molar-refractivity contribution is 6.31. The number of aromatic nitrogens is 1. The number of para-hydroxylation sites is 1. The highest BCUT2D eigenvalue weighted by Gasteiger charge is 2.42. The fourth-order valence-corrected chi connectivity index (χ4v) is 6.11. The Balaban J connectivity index is 1.11. The summed E-state index contributed by atoms with van der Waals surface area (Å²) in [6.07, 6.45) is -3.41. The lowest BCUT2D eigenvalue weighted by Gasteiger charge is -2.34. The van der Waals surface area contributed by atoms with E-state index in [2.05, 4.69) is 26.2 Å². The molecule has 2 aliphatic heterocycles. The molecule has 0 aliphatic carbocycles. The molecule has 40 heavy (non-hydrogen) atoms. The van der Waals surface area contributed by atoms with Crippen LogP contribution in [-0.4, -0.2) is 53.1 Å². The number of fused-ring (bicyclic) bond motifs is 3. The first-order valence-corrected chi connectivity index (χ1v) is 13.8. The molecule has 0 spiro atoms. The van der Waals surface area contributed by atoms with Gasteiger partial charge in [-0.1, -0.05) is 48.0 Å². The van der Waals surface area contributed by atoms with Crippen LogP contribution in [0.3, 0.4) is 0 Å². The molecule has 2 atom stereocenters. The number of hydrogen-bond acceptors (Lipinski definition) is 5. The lowest BCUT2D eigenvalue weighted by molar-refractivity contribution is -0.137. The summed E-state index contributed by atoms with van der Waals surface area (Å²) in [6.45, 7) is 5.53. The molecule has 9 heteroatoms. The average molecular weight is 567 g/mol. The van der Waals surface area contributed by atoms with E-state index in [1.165, 1.54) is 0 Å². The summed E-state index contributed by atoms with van der Waals surface area (Å²) in [5.41, 5.74) is 2.95. The van der Waals surface area contributed by atoms with Crippen molar-refractivity contribution in [1.29, 1.82) is 0 Å². The third-order valence-electron chi connectivity index (χ3n) is 7.80. The molecule has 2 fully saturated rings. The van der Waals surface area contributed by atoms with Crippen molar-refractivity contribution in [3.05, 3.63) is 94.6 Å². The molecular weight excluding hydrogens is 537 g/mol. The van der Waals surface area contributed by atoms with Crippen LogP contribution in [0.2, 0.25) is 5.02 Å². The standard InChI is InChI=1S/C31H30ClF3N4O/c1-20-12-30(27-7-3-5-9-29(27)36-20)37-23-13-22(31(33,34)35)14-26(15-23)40-11-10-38-18-25-16-24(38)19-39(25)17-21-6-2-4-8-28(21)32/h2-9,12-15,24-25H,10-11,16-19H2,1H3,(H,36,37)/t24-,25-/m0/s1. The van der Waals surface area contributed by atoms with Gasteiger partial charge in [0.05, 0.1) is 11.1 Å². The minimum Gasteiger partial charge on any atom is -0.492 e. The summed E-state index contributed by atoms with van der Waals surface area (Å²) in [4.78, 5) is 9.37. The van der Waals surface area contributed by atoms with E-state index in [4.69, 9.17) is 16.3 Å². The van der Waals surface area contributed by atoms with Crippen LogP contribution >= 0.6 is 11.6 Å². The Morgan fingerprint density at radius 2 is 1.73 bits per heavy atom. The van der Waals surface area contributed by atoms with Crippen LogP contribution in [0, 0.1) is 6.92 Å². The average Bonchev–Trinajstić information content (AvgIpc) is 3.50. The molecule has 0 unspecified atom stereocenters. The fourth-order valence-electron chi connectivity index (χ4n) is 5.91. The zero-order valence-corrected chi connectivity index (χ0v) is 22.8. The molecule has 0 radical (unpaired) electrons. The molecule has 1 aromatic heterocycles. The van der Waals surface area contributed by atoms with Crippen molar-refractivity contribution in [2.75, 3.05) is 31.6 Å². The highest BCUT2D eigenvalue weighted by Crippen LogP contribution is 2.37. The molecule has 3 aromatic carbocycles. The van der Waals surface area contributed by atoms with E-state index < -0.39 is 11.7 Å². The first-order valence-electron chi connectivity index (χ1n) is 13.4. The predicted octanol–water partition coefficient (Wildman–Crippen LogP) is 7.30. The third-order valence-corrected chi connectivity index (χ3v) is 8.17. The van der Waals surface area contributed by atoms with Gasteiger partial charge < -0.3 is 10.1 Å². The van der Waals surface area contributed by atoms with Crippen LogP contribution in [0.5, 0.6) is 5.75 Å². The molecule has 0 amide bonds. The highest BCUT2D eigenvalue weighted by atomic mass is 35.5. The Labute approximate surface area is 236 Å². The monoisotopic (exact) mass is 566 g/mol. The fraction of sp³-hybridized carbons (Fsp3) is 0.323. The van der Waals surface area contributed by atoms with Crippen molar-refractivity contribution in [2.24, 2.45) is 0 Å². The minimum atomic E-state index is -4.49. The van der Waals surface area contributed by atoms with Crippen molar-refractivity contribution in [3.63, 3.8) is 0 Å². The Morgan fingerprint density at radius 1 is 0.975 bits per heavy atom. The van der Waals surface area contributed by atoms with E-state index in [1.54, 1.807) is 6.07 Å². The smallest absolute Gasteiger partial charge is 0.416 e. The van der Waals surface area contributed by atoms with Gasteiger partial charge in [-0.2, -0.15) is 13.2 Å². The number of alkyl halides is 3. The minimum absolute atomic E-state index is 0.192. The van der Waals surface area contributed by atoms with Gasteiger partial charge in [-0.3, -0.25) is 14.8 Å². The zero-order chi connectivity index (χ0) is 27.9. The lowest BCUT2D eigenvalue weighted by atomic mass is 10.1. The van der Waals surface area contributed by atoms with E-state index in [0.29, 0.717) is 36.6 Å². The molecule has 2 aliphatic rings. The molecule has 5 nitrogen and oxygen atoms in total. The summed E-state index contributed by atoms with van der Waals surface area (Å²) >= 11 is 6.36. The normalized spacial score (nSPS) is 19.4. The van der Waals surface area contributed by atoms with Gasteiger partial charge in [0, 0.05) is 71.8 Å². The summed E-state index contributed by atoms with van der Waals surface area (Å²) in [5, 5.41) is 4.80. The first-order chi connectivity index (χ1) is 19.2. The number of nitrogens with one attached hydrogen (secondary N) is 1. The largest absolute Gasteiger partial charge is 0.492 e. The molecule has 4 aromatic rings. The van der Waals surface area contributed by atoms with Gasteiger partial charge in [0.1, 0.15) is 12.4 Å². The van der Waals surface area contributed by atoms with E-state index >= 15 is 0 Å². The lowest BCUT2D eigenvalue weighted by Crippen LogP contribution is -2.47. The second-order valence-electron chi connectivity index (χ2n) is 10.6. The van der Waals surface area contributed by atoms with E-state index in [9.17, 15) is 13.2 Å². The topological polar surface area (TPSA) is 40.6 Å². The molecular formula is C31H30ClF3N4O. The van der Waals surface area contributed by atoms with Crippen molar-refractivity contribution < 1.29 is 17.9 Å². The van der Waals surface area contributed by atoms with Crippen LogP contribution < -0.4 is 10.1 Å². The second kappa shape index (κ2) is 10.9. The number of hydrogen-bond donors (Lipinski definition) is 1. The van der Waals surface area contributed by atoms with Crippen LogP contribution in [0.15, 0.2) is 72.8 Å². The molecule has 6 rings (SSSR count).